The number of halogens is 1. The van der Waals surface area contributed by atoms with Crippen molar-refractivity contribution in [2.45, 2.75) is 38.8 Å². The molecule has 154 valence electrons. The zero-order valence-electron chi connectivity index (χ0n) is 16.7. The van der Waals surface area contributed by atoms with Gasteiger partial charge in [-0.3, -0.25) is 4.79 Å². The van der Waals surface area contributed by atoms with Gasteiger partial charge in [-0.15, -0.1) is 0 Å². The van der Waals surface area contributed by atoms with Crippen molar-refractivity contribution < 1.29 is 23.8 Å². The molecule has 0 bridgehead atoms. The van der Waals surface area contributed by atoms with Gasteiger partial charge in [0, 0.05) is 17.0 Å². The highest BCUT2D eigenvalue weighted by Gasteiger charge is 2.32. The van der Waals surface area contributed by atoms with Crippen LogP contribution in [0.1, 0.15) is 37.9 Å². The molecule has 1 atom stereocenters. The van der Waals surface area contributed by atoms with Gasteiger partial charge in [0.05, 0.1) is 6.04 Å². The molecule has 0 radical (unpaired) electrons. The van der Waals surface area contributed by atoms with Gasteiger partial charge in [-0.1, -0.05) is 35.9 Å². The average molecular weight is 418 g/mol. The summed E-state index contributed by atoms with van der Waals surface area (Å²) in [6.45, 7) is 5.12. The van der Waals surface area contributed by atoms with Crippen LogP contribution in [-0.4, -0.2) is 30.7 Å². The first-order chi connectivity index (χ1) is 13.7. The van der Waals surface area contributed by atoms with Gasteiger partial charge in [-0.05, 0) is 44.5 Å². The molecule has 1 heterocycles. The van der Waals surface area contributed by atoms with Crippen LogP contribution >= 0.6 is 11.6 Å². The summed E-state index contributed by atoms with van der Waals surface area (Å²) >= 11 is 5.96. The maximum absolute atomic E-state index is 12.0. The Balaban J connectivity index is 1.45. The molecule has 1 N–H and O–H groups in total. The van der Waals surface area contributed by atoms with Crippen LogP contribution < -0.4 is 14.8 Å². The highest BCUT2D eigenvalue weighted by Crippen LogP contribution is 2.41. The Kier molecular flexibility index (Phi) is 6.33. The number of hydrogen-bond acceptors (Lipinski definition) is 5. The molecule has 29 heavy (non-hydrogen) atoms. The number of carbonyl (C=O) groups is 2. The van der Waals surface area contributed by atoms with Crippen LogP contribution in [0.15, 0.2) is 42.5 Å². The third-order valence-electron chi connectivity index (χ3n) is 4.49. The zero-order chi connectivity index (χ0) is 21.0. The molecule has 3 rings (SSSR count). The molecule has 0 aromatic heterocycles. The number of fused-ring (bicyclic) bond motifs is 1. The van der Waals surface area contributed by atoms with E-state index in [4.69, 9.17) is 25.8 Å². The van der Waals surface area contributed by atoms with E-state index in [0.29, 0.717) is 16.5 Å². The van der Waals surface area contributed by atoms with Crippen molar-refractivity contribution >= 4 is 23.5 Å². The van der Waals surface area contributed by atoms with Gasteiger partial charge in [0.15, 0.2) is 24.7 Å². The Morgan fingerprint density at radius 2 is 1.97 bits per heavy atom. The van der Waals surface area contributed by atoms with Crippen LogP contribution in [0.2, 0.25) is 5.02 Å². The van der Waals surface area contributed by atoms with E-state index >= 15 is 0 Å². The van der Waals surface area contributed by atoms with Gasteiger partial charge < -0.3 is 19.5 Å². The van der Waals surface area contributed by atoms with Gasteiger partial charge in [0.2, 0.25) is 0 Å². The zero-order valence-corrected chi connectivity index (χ0v) is 17.4. The summed E-state index contributed by atoms with van der Waals surface area (Å²) in [5.74, 6) is 0.101. The summed E-state index contributed by atoms with van der Waals surface area (Å²) < 4.78 is 16.5. The fourth-order valence-electron chi connectivity index (χ4n) is 3.17. The van der Waals surface area contributed by atoms with E-state index in [1.807, 2.05) is 45.0 Å². The highest BCUT2D eigenvalue weighted by atomic mass is 35.5. The summed E-state index contributed by atoms with van der Waals surface area (Å²) in [7, 11) is 0. The normalized spacial score (nSPS) is 15.0. The van der Waals surface area contributed by atoms with Crippen LogP contribution in [0.4, 0.5) is 0 Å². The second-order valence-corrected chi connectivity index (χ2v) is 8.01. The second-order valence-electron chi connectivity index (χ2n) is 7.58. The van der Waals surface area contributed by atoms with E-state index in [1.165, 1.54) is 0 Å². The quantitative estimate of drug-likeness (QED) is 0.692. The SMILES string of the molecule is C[C@H](NC(=O)COC(=O)COc1cccc2c1OC(C)(C)C2)c1cccc(Cl)c1. The molecule has 0 aliphatic carbocycles. The molecular weight excluding hydrogens is 394 g/mol. The number of carbonyl (C=O) groups excluding carboxylic acids is 2. The smallest absolute Gasteiger partial charge is 0.344 e. The predicted molar refractivity (Wildman–Crippen MR) is 109 cm³/mol. The molecule has 0 fully saturated rings. The Morgan fingerprint density at radius 3 is 2.72 bits per heavy atom. The first-order valence-electron chi connectivity index (χ1n) is 9.38. The number of hydrogen-bond donors (Lipinski definition) is 1. The van der Waals surface area contributed by atoms with E-state index in [9.17, 15) is 9.59 Å². The third-order valence-corrected chi connectivity index (χ3v) is 4.73. The molecule has 1 aliphatic heterocycles. The van der Waals surface area contributed by atoms with Crippen LogP contribution in [0, 0.1) is 0 Å². The Hall–Kier alpha value is -2.73. The molecule has 0 unspecified atom stereocenters. The fraction of sp³-hybridized carbons (Fsp3) is 0.364. The summed E-state index contributed by atoms with van der Waals surface area (Å²) in [4.78, 5) is 24.0. The van der Waals surface area contributed by atoms with Crippen molar-refractivity contribution in [3.63, 3.8) is 0 Å². The van der Waals surface area contributed by atoms with Crippen molar-refractivity contribution in [3.05, 3.63) is 58.6 Å². The monoisotopic (exact) mass is 417 g/mol. The van der Waals surface area contributed by atoms with Crippen LogP contribution in [0.25, 0.3) is 0 Å². The highest BCUT2D eigenvalue weighted by molar-refractivity contribution is 6.30. The molecule has 0 saturated heterocycles. The van der Waals surface area contributed by atoms with Gasteiger partial charge in [0.1, 0.15) is 5.60 Å². The van der Waals surface area contributed by atoms with Crippen molar-refractivity contribution in [2.24, 2.45) is 0 Å². The third kappa shape index (κ3) is 5.64. The van der Waals surface area contributed by atoms with Crippen molar-refractivity contribution in [3.8, 4) is 11.5 Å². The molecule has 0 spiro atoms. The standard InChI is InChI=1S/C22H24ClNO5/c1-14(15-6-4-8-17(23)10-15)24-19(25)12-28-20(26)13-27-18-9-5-7-16-11-22(2,3)29-21(16)18/h4-10,14H,11-13H2,1-3H3,(H,24,25)/t14-/m0/s1. The van der Waals surface area contributed by atoms with Gasteiger partial charge in [-0.25, -0.2) is 4.79 Å². The lowest BCUT2D eigenvalue weighted by Gasteiger charge is -2.18. The van der Waals surface area contributed by atoms with Crippen molar-refractivity contribution in [1.29, 1.82) is 0 Å². The summed E-state index contributed by atoms with van der Waals surface area (Å²) in [5.41, 5.74) is 1.59. The lowest BCUT2D eigenvalue weighted by molar-refractivity contribution is -0.150. The van der Waals surface area contributed by atoms with E-state index in [0.717, 1.165) is 17.5 Å². The van der Waals surface area contributed by atoms with E-state index in [1.54, 1.807) is 18.2 Å². The number of para-hydroxylation sites is 1. The summed E-state index contributed by atoms with van der Waals surface area (Å²) in [6.07, 6.45) is 0.773. The molecule has 2 aromatic carbocycles. The number of amides is 1. The number of benzene rings is 2. The maximum atomic E-state index is 12.0. The molecule has 1 aliphatic rings. The minimum Gasteiger partial charge on any atom is -0.483 e. The largest absolute Gasteiger partial charge is 0.483 e. The van der Waals surface area contributed by atoms with Crippen molar-refractivity contribution in [2.75, 3.05) is 13.2 Å². The van der Waals surface area contributed by atoms with E-state index < -0.39 is 11.9 Å². The van der Waals surface area contributed by atoms with E-state index in [-0.39, 0.29) is 24.9 Å². The second kappa shape index (κ2) is 8.74. The predicted octanol–water partition coefficient (Wildman–Crippen LogP) is 3.85. The number of ether oxygens (including phenoxy) is 3. The van der Waals surface area contributed by atoms with Gasteiger partial charge in [-0.2, -0.15) is 0 Å². The Bertz CT molecular complexity index is 912. The van der Waals surface area contributed by atoms with Crippen LogP contribution in [0.3, 0.4) is 0 Å². The lowest BCUT2D eigenvalue weighted by atomic mass is 10.0. The van der Waals surface area contributed by atoms with Crippen LogP contribution in [-0.2, 0) is 20.7 Å². The molecule has 0 saturated carbocycles. The first kappa shape index (κ1) is 21.0. The maximum Gasteiger partial charge on any atom is 0.344 e. The molecule has 6 nitrogen and oxygen atoms in total. The first-order valence-corrected chi connectivity index (χ1v) is 9.75. The Labute approximate surface area is 175 Å². The topological polar surface area (TPSA) is 73.9 Å². The van der Waals surface area contributed by atoms with Gasteiger partial charge >= 0.3 is 5.97 Å². The molecule has 1 amide bonds. The van der Waals surface area contributed by atoms with Crippen molar-refractivity contribution in [1.82, 2.24) is 5.32 Å². The molecule has 2 aromatic rings. The van der Waals surface area contributed by atoms with E-state index in [2.05, 4.69) is 5.32 Å². The minimum absolute atomic E-state index is 0.261. The van der Waals surface area contributed by atoms with Gasteiger partial charge in [0.25, 0.3) is 5.91 Å². The summed E-state index contributed by atoms with van der Waals surface area (Å²) in [6, 6.07) is 12.5. The molecular formula is C22H24ClNO5. The number of nitrogens with one attached hydrogen (secondary N) is 1. The lowest BCUT2D eigenvalue weighted by Crippen LogP contribution is -2.32. The number of esters is 1. The Morgan fingerprint density at radius 1 is 1.21 bits per heavy atom. The van der Waals surface area contributed by atoms with Crippen LogP contribution in [0.5, 0.6) is 11.5 Å². The summed E-state index contributed by atoms with van der Waals surface area (Å²) in [5, 5.41) is 3.35. The minimum atomic E-state index is -0.634. The average Bonchev–Trinajstić information content (AvgIpc) is 2.99. The number of rotatable bonds is 7. The molecule has 7 heteroatoms. The fourth-order valence-corrected chi connectivity index (χ4v) is 3.37.